The number of hydrogen-bond acceptors (Lipinski definition) is 8. The molecule has 13 nitrogen and oxygen atoms in total. The van der Waals surface area contributed by atoms with Gasteiger partial charge in [-0.3, -0.25) is 19.2 Å². The molecule has 0 aliphatic rings. The molecule has 0 spiro atoms. The largest absolute Gasteiger partial charge is 0.467 e. The van der Waals surface area contributed by atoms with Gasteiger partial charge in [-0.05, 0) is 51.2 Å². The van der Waals surface area contributed by atoms with Gasteiger partial charge in [0.1, 0.15) is 23.7 Å². The molecule has 5 amide bonds. The molecule has 3 unspecified atom stereocenters. The summed E-state index contributed by atoms with van der Waals surface area (Å²) in [4.78, 5) is 76.5. The fourth-order valence-corrected chi connectivity index (χ4v) is 4.56. The molecule has 2 rings (SSSR count). The molecule has 2 aromatic rings. The Morgan fingerprint density at radius 3 is 1.81 bits per heavy atom. The van der Waals surface area contributed by atoms with Crippen LogP contribution in [0.25, 0.3) is 0 Å². The van der Waals surface area contributed by atoms with Gasteiger partial charge in [0.2, 0.25) is 23.6 Å². The summed E-state index contributed by atoms with van der Waals surface area (Å²) in [6, 6.07) is 13.4. The van der Waals surface area contributed by atoms with E-state index in [1.165, 1.54) is 7.11 Å². The van der Waals surface area contributed by atoms with Gasteiger partial charge >= 0.3 is 12.1 Å². The maximum atomic E-state index is 13.3. The highest BCUT2D eigenvalue weighted by Crippen LogP contribution is 2.11. The van der Waals surface area contributed by atoms with E-state index in [0.717, 1.165) is 16.7 Å². The normalized spacial score (nSPS) is 12.9. The SMILES string of the molecule is COC(=O)C(CC(C)C)NC(=O)C(Cc1ccccc1)NC(=O)CNC(=O)CNC(=O)C(Cc1ccc(C)cc1)NC(=O)OC(C)(C)C. The lowest BCUT2D eigenvalue weighted by Crippen LogP contribution is -2.54. The molecule has 0 radical (unpaired) electrons. The van der Waals surface area contributed by atoms with Crippen molar-refractivity contribution in [2.75, 3.05) is 20.2 Å². The first-order chi connectivity index (χ1) is 22.6. The molecule has 0 saturated heterocycles. The van der Waals surface area contributed by atoms with Crippen LogP contribution in [0.3, 0.4) is 0 Å². The molecule has 0 fully saturated rings. The van der Waals surface area contributed by atoms with Crippen molar-refractivity contribution in [3.8, 4) is 0 Å². The summed E-state index contributed by atoms with van der Waals surface area (Å²) in [6.45, 7) is 9.87. The molecular weight excluding hydrogens is 618 g/mol. The van der Waals surface area contributed by atoms with Gasteiger partial charge in [0.25, 0.3) is 0 Å². The third-order valence-electron chi connectivity index (χ3n) is 6.88. The smallest absolute Gasteiger partial charge is 0.408 e. The van der Waals surface area contributed by atoms with Crippen LogP contribution in [-0.4, -0.2) is 79.6 Å². The lowest BCUT2D eigenvalue weighted by molar-refractivity contribution is -0.145. The van der Waals surface area contributed by atoms with Gasteiger partial charge in [-0.1, -0.05) is 74.0 Å². The van der Waals surface area contributed by atoms with Gasteiger partial charge in [-0.15, -0.1) is 0 Å². The summed E-state index contributed by atoms with van der Waals surface area (Å²) in [5, 5.41) is 12.8. The molecular formula is C35H49N5O8. The van der Waals surface area contributed by atoms with Gasteiger partial charge in [-0.2, -0.15) is 0 Å². The Kier molecular flexibility index (Phi) is 15.5. The first kappa shape index (κ1) is 39.2. The number of carbonyl (C=O) groups is 6. The Morgan fingerprint density at radius 2 is 1.25 bits per heavy atom. The number of amides is 5. The van der Waals surface area contributed by atoms with Crippen LogP contribution in [0.4, 0.5) is 4.79 Å². The molecule has 0 heterocycles. The van der Waals surface area contributed by atoms with E-state index >= 15 is 0 Å². The summed E-state index contributed by atoms with van der Waals surface area (Å²) in [5.74, 6) is -3.05. The number of hydrogen-bond donors (Lipinski definition) is 5. The van der Waals surface area contributed by atoms with Crippen LogP contribution >= 0.6 is 0 Å². The van der Waals surface area contributed by atoms with Crippen molar-refractivity contribution in [1.29, 1.82) is 0 Å². The van der Waals surface area contributed by atoms with E-state index < -0.39 is 72.5 Å². The second-order valence-corrected chi connectivity index (χ2v) is 12.9. The highest BCUT2D eigenvalue weighted by molar-refractivity contribution is 5.93. The van der Waals surface area contributed by atoms with E-state index in [1.54, 1.807) is 45.0 Å². The van der Waals surface area contributed by atoms with Gasteiger partial charge < -0.3 is 36.1 Å². The van der Waals surface area contributed by atoms with Gasteiger partial charge in [0.05, 0.1) is 20.2 Å². The molecule has 3 atom stereocenters. The van der Waals surface area contributed by atoms with E-state index in [4.69, 9.17) is 9.47 Å². The molecule has 2 aromatic carbocycles. The lowest BCUT2D eigenvalue weighted by Gasteiger charge is -2.24. The minimum absolute atomic E-state index is 0.0817. The van der Waals surface area contributed by atoms with Crippen LogP contribution in [0.15, 0.2) is 54.6 Å². The quantitative estimate of drug-likeness (QED) is 0.169. The zero-order valence-electron chi connectivity index (χ0n) is 28.8. The maximum Gasteiger partial charge on any atom is 0.408 e. The van der Waals surface area contributed by atoms with Crippen molar-refractivity contribution in [3.63, 3.8) is 0 Å². The summed E-state index contributed by atoms with van der Waals surface area (Å²) in [5.41, 5.74) is 1.80. The first-order valence-electron chi connectivity index (χ1n) is 15.9. The molecule has 0 aliphatic carbocycles. The average molecular weight is 668 g/mol. The number of ether oxygens (including phenoxy) is 2. The molecule has 13 heteroatoms. The molecule has 5 N–H and O–H groups in total. The molecule has 0 bridgehead atoms. The van der Waals surface area contributed by atoms with Crippen molar-refractivity contribution in [2.45, 2.75) is 84.5 Å². The predicted molar refractivity (Wildman–Crippen MR) is 180 cm³/mol. The van der Waals surface area contributed by atoms with E-state index in [0.29, 0.717) is 6.42 Å². The van der Waals surface area contributed by atoms with E-state index in [-0.39, 0.29) is 18.8 Å². The number of carbonyl (C=O) groups excluding carboxylic acids is 6. The van der Waals surface area contributed by atoms with Crippen LogP contribution in [0, 0.1) is 12.8 Å². The Labute approximate surface area is 282 Å². The minimum atomic E-state index is -1.06. The number of rotatable bonds is 16. The monoisotopic (exact) mass is 667 g/mol. The lowest BCUT2D eigenvalue weighted by atomic mass is 10.0. The van der Waals surface area contributed by atoms with Crippen LogP contribution < -0.4 is 26.6 Å². The molecule has 262 valence electrons. The summed E-state index contributed by atoms with van der Waals surface area (Å²) >= 11 is 0. The summed E-state index contributed by atoms with van der Waals surface area (Å²) in [7, 11) is 1.23. The maximum absolute atomic E-state index is 13.3. The second kappa shape index (κ2) is 19.0. The number of benzene rings is 2. The van der Waals surface area contributed by atoms with E-state index in [2.05, 4.69) is 26.6 Å². The van der Waals surface area contributed by atoms with Gasteiger partial charge in [0, 0.05) is 12.8 Å². The Hall–Kier alpha value is -4.94. The van der Waals surface area contributed by atoms with Crippen molar-refractivity contribution in [2.24, 2.45) is 5.92 Å². The van der Waals surface area contributed by atoms with Crippen LogP contribution in [0.1, 0.15) is 57.7 Å². The Morgan fingerprint density at radius 1 is 0.688 bits per heavy atom. The third-order valence-corrected chi connectivity index (χ3v) is 6.88. The highest BCUT2D eigenvalue weighted by atomic mass is 16.6. The van der Waals surface area contributed by atoms with E-state index in [9.17, 15) is 28.8 Å². The molecule has 0 aromatic heterocycles. The van der Waals surface area contributed by atoms with Crippen molar-refractivity contribution in [1.82, 2.24) is 26.6 Å². The van der Waals surface area contributed by atoms with Crippen molar-refractivity contribution >= 4 is 35.7 Å². The zero-order valence-corrected chi connectivity index (χ0v) is 28.8. The van der Waals surface area contributed by atoms with Gasteiger partial charge in [-0.25, -0.2) is 9.59 Å². The molecule has 0 saturated carbocycles. The molecule has 0 aliphatic heterocycles. The van der Waals surface area contributed by atoms with E-state index in [1.807, 2.05) is 51.1 Å². The van der Waals surface area contributed by atoms with Crippen LogP contribution in [0.5, 0.6) is 0 Å². The average Bonchev–Trinajstić information content (AvgIpc) is 3.01. The topological polar surface area (TPSA) is 181 Å². The predicted octanol–water partition coefficient (Wildman–Crippen LogP) is 2.09. The number of esters is 1. The third kappa shape index (κ3) is 15.1. The standard InChI is InChI=1S/C35H49N5O8/c1-22(2)17-28(33(45)47-7)39-32(44)27(18-24-11-9-8-10-12-24)38-30(42)21-36-29(41)20-37-31(43)26(40-34(46)48-35(4,5)6)19-25-15-13-23(3)14-16-25/h8-16,22,26-28H,17-21H2,1-7H3,(H,36,41)(H,37,43)(H,38,42)(H,39,44)(H,40,46). The summed E-state index contributed by atoms with van der Waals surface area (Å²) in [6.07, 6.45) is -0.169. The van der Waals surface area contributed by atoms with Gasteiger partial charge in [0.15, 0.2) is 0 Å². The zero-order chi connectivity index (χ0) is 35.9. The molecule has 48 heavy (non-hydrogen) atoms. The Bertz CT molecular complexity index is 1390. The first-order valence-corrected chi connectivity index (χ1v) is 15.9. The fraction of sp³-hybridized carbons (Fsp3) is 0.486. The number of aryl methyl sites for hydroxylation is 1. The van der Waals surface area contributed by atoms with Crippen molar-refractivity contribution in [3.05, 3.63) is 71.3 Å². The number of alkyl carbamates (subject to hydrolysis) is 1. The number of nitrogens with one attached hydrogen (secondary N) is 5. The highest BCUT2D eigenvalue weighted by Gasteiger charge is 2.29. The van der Waals surface area contributed by atoms with Crippen molar-refractivity contribution < 1.29 is 38.2 Å². The van der Waals surface area contributed by atoms with Crippen LogP contribution in [-0.2, 0) is 46.3 Å². The van der Waals surface area contributed by atoms with Crippen LogP contribution in [0.2, 0.25) is 0 Å². The minimum Gasteiger partial charge on any atom is -0.467 e. The second-order valence-electron chi connectivity index (χ2n) is 12.9. The summed E-state index contributed by atoms with van der Waals surface area (Å²) < 4.78 is 10.1. The number of methoxy groups -OCH3 is 1. The fourth-order valence-electron chi connectivity index (χ4n) is 4.56. The Balaban J connectivity index is 2.01.